The normalized spacial score (nSPS) is 13.0. The summed E-state index contributed by atoms with van der Waals surface area (Å²) in [5.74, 6) is -1.15. The van der Waals surface area contributed by atoms with Crippen LogP contribution in [0.4, 0.5) is 0 Å². The van der Waals surface area contributed by atoms with Crippen LogP contribution >= 0.6 is 11.6 Å². The first-order valence-electron chi connectivity index (χ1n) is 8.52. The van der Waals surface area contributed by atoms with E-state index in [9.17, 15) is 14.4 Å². The second-order valence-corrected chi connectivity index (χ2v) is 6.61. The highest BCUT2D eigenvalue weighted by atomic mass is 35.5. The van der Waals surface area contributed by atoms with Gasteiger partial charge in [0.2, 0.25) is 5.91 Å². The number of carbonyl (C=O) groups is 3. The number of rotatable bonds is 7. The third kappa shape index (κ3) is 4.11. The first-order valence-corrected chi connectivity index (χ1v) is 8.90. The summed E-state index contributed by atoms with van der Waals surface area (Å²) in [5, 5.41) is 3.48. The molecule has 5 nitrogen and oxygen atoms in total. The smallest absolute Gasteiger partial charge is 0.262 e. The first kappa shape index (κ1) is 18.1. The van der Waals surface area contributed by atoms with E-state index in [1.54, 1.807) is 24.3 Å². The van der Waals surface area contributed by atoms with Crippen molar-refractivity contribution in [2.45, 2.75) is 19.3 Å². The summed E-state index contributed by atoms with van der Waals surface area (Å²) in [7, 11) is 0. The van der Waals surface area contributed by atoms with Gasteiger partial charge >= 0.3 is 0 Å². The van der Waals surface area contributed by atoms with E-state index in [1.807, 2.05) is 24.3 Å². The molecule has 0 atom stereocenters. The molecule has 0 saturated heterocycles. The Balaban J connectivity index is 1.40. The lowest BCUT2D eigenvalue weighted by molar-refractivity contribution is -0.121. The second kappa shape index (κ2) is 8.15. The number of nitrogens with zero attached hydrogens (tertiary/aromatic N) is 1. The Hall–Kier alpha value is -2.66. The quantitative estimate of drug-likeness (QED) is 0.601. The summed E-state index contributed by atoms with van der Waals surface area (Å²) >= 11 is 5.85. The molecule has 0 spiro atoms. The Bertz CT molecular complexity index is 798. The van der Waals surface area contributed by atoms with Gasteiger partial charge in [0.1, 0.15) is 6.54 Å². The number of hydrogen-bond donors (Lipinski definition) is 1. The van der Waals surface area contributed by atoms with Crippen LogP contribution in [0.5, 0.6) is 0 Å². The van der Waals surface area contributed by atoms with Crippen molar-refractivity contribution in [2.75, 3.05) is 13.1 Å². The molecule has 0 bridgehead atoms. The molecule has 3 rings (SSSR count). The summed E-state index contributed by atoms with van der Waals surface area (Å²) in [5.41, 5.74) is 1.91. The number of carbonyl (C=O) groups excluding carboxylic acids is 3. The Morgan fingerprint density at radius 1 is 0.923 bits per heavy atom. The van der Waals surface area contributed by atoms with Crippen LogP contribution in [0, 0.1) is 0 Å². The number of unbranched alkanes of at least 4 members (excludes halogenated alkanes) is 1. The molecular formula is C20H19ClN2O3. The minimum atomic E-state index is -0.413. The van der Waals surface area contributed by atoms with Gasteiger partial charge in [0.05, 0.1) is 11.1 Å². The van der Waals surface area contributed by atoms with E-state index in [0.29, 0.717) is 22.7 Å². The van der Waals surface area contributed by atoms with Gasteiger partial charge in [-0.05, 0) is 49.1 Å². The molecule has 0 radical (unpaired) electrons. The highest BCUT2D eigenvalue weighted by Crippen LogP contribution is 2.21. The Labute approximate surface area is 156 Å². The number of aryl methyl sites for hydroxylation is 1. The molecule has 0 saturated carbocycles. The number of nitrogens with one attached hydrogen (secondary N) is 1. The SMILES string of the molecule is O=C(CN1C(=O)c2ccccc2C1=O)NCCCCc1ccc(Cl)cc1. The predicted molar refractivity (Wildman–Crippen MR) is 99.2 cm³/mol. The molecule has 26 heavy (non-hydrogen) atoms. The molecule has 0 aromatic heterocycles. The van der Waals surface area contributed by atoms with Gasteiger partial charge in [-0.15, -0.1) is 0 Å². The maximum absolute atomic E-state index is 12.2. The summed E-state index contributed by atoms with van der Waals surface area (Å²) in [4.78, 5) is 37.5. The summed E-state index contributed by atoms with van der Waals surface area (Å²) in [6.07, 6.45) is 2.65. The number of hydrogen-bond acceptors (Lipinski definition) is 3. The van der Waals surface area contributed by atoms with E-state index in [-0.39, 0.29) is 12.5 Å². The van der Waals surface area contributed by atoms with Crippen LogP contribution in [0.2, 0.25) is 5.02 Å². The molecule has 3 amide bonds. The van der Waals surface area contributed by atoms with Gasteiger partial charge in [-0.1, -0.05) is 35.9 Å². The van der Waals surface area contributed by atoms with E-state index < -0.39 is 11.8 Å². The Morgan fingerprint density at radius 2 is 1.54 bits per heavy atom. The maximum atomic E-state index is 12.2. The average molecular weight is 371 g/mol. The van der Waals surface area contributed by atoms with Crippen molar-refractivity contribution in [1.82, 2.24) is 10.2 Å². The summed E-state index contributed by atoms with van der Waals surface area (Å²) < 4.78 is 0. The molecule has 1 heterocycles. The minimum absolute atomic E-state index is 0.246. The van der Waals surface area contributed by atoms with Crippen LogP contribution in [-0.2, 0) is 11.2 Å². The Morgan fingerprint density at radius 3 is 2.15 bits per heavy atom. The number of halogens is 1. The van der Waals surface area contributed by atoms with Crippen LogP contribution < -0.4 is 5.32 Å². The zero-order valence-corrected chi connectivity index (χ0v) is 15.0. The summed E-state index contributed by atoms with van der Waals surface area (Å²) in [6.45, 7) is 0.263. The molecule has 1 N–H and O–H groups in total. The van der Waals surface area contributed by atoms with Crippen molar-refractivity contribution in [3.63, 3.8) is 0 Å². The third-order valence-corrected chi connectivity index (χ3v) is 4.56. The summed E-state index contributed by atoms with van der Waals surface area (Å²) in [6, 6.07) is 14.3. The van der Waals surface area contributed by atoms with Gasteiger partial charge < -0.3 is 5.32 Å². The largest absolute Gasteiger partial charge is 0.355 e. The van der Waals surface area contributed by atoms with E-state index in [2.05, 4.69) is 5.32 Å². The van der Waals surface area contributed by atoms with Gasteiger partial charge in [0.25, 0.3) is 11.8 Å². The molecule has 134 valence electrons. The lowest BCUT2D eigenvalue weighted by atomic mass is 10.1. The fourth-order valence-electron chi connectivity index (χ4n) is 2.92. The zero-order chi connectivity index (χ0) is 18.5. The van der Waals surface area contributed by atoms with Crippen LogP contribution in [0.25, 0.3) is 0 Å². The van der Waals surface area contributed by atoms with Gasteiger partial charge in [-0.25, -0.2) is 0 Å². The molecule has 0 aliphatic carbocycles. The standard InChI is InChI=1S/C20H19ClN2O3/c21-15-10-8-14(9-11-15)5-3-4-12-22-18(24)13-23-19(25)16-6-1-2-7-17(16)20(23)26/h1-2,6-11H,3-5,12-13H2,(H,22,24). The van der Waals surface area contributed by atoms with Crippen LogP contribution in [0.1, 0.15) is 39.1 Å². The molecule has 1 aliphatic rings. The molecule has 0 unspecified atom stereocenters. The zero-order valence-electron chi connectivity index (χ0n) is 14.2. The fourth-order valence-corrected chi connectivity index (χ4v) is 3.04. The highest BCUT2D eigenvalue weighted by molar-refractivity contribution is 6.30. The lowest BCUT2D eigenvalue weighted by Gasteiger charge is -2.13. The number of benzene rings is 2. The molecule has 0 fully saturated rings. The van der Waals surface area contributed by atoms with Crippen LogP contribution in [-0.4, -0.2) is 35.7 Å². The number of amides is 3. The minimum Gasteiger partial charge on any atom is -0.355 e. The number of fused-ring (bicyclic) bond motifs is 1. The lowest BCUT2D eigenvalue weighted by Crippen LogP contribution is -2.40. The van der Waals surface area contributed by atoms with Crippen molar-refractivity contribution in [2.24, 2.45) is 0 Å². The van der Waals surface area contributed by atoms with Crippen molar-refractivity contribution in [3.05, 3.63) is 70.2 Å². The highest BCUT2D eigenvalue weighted by Gasteiger charge is 2.36. The fraction of sp³-hybridized carbons (Fsp3) is 0.250. The maximum Gasteiger partial charge on any atom is 0.262 e. The van der Waals surface area contributed by atoms with Gasteiger partial charge in [0, 0.05) is 11.6 Å². The van der Waals surface area contributed by atoms with Crippen molar-refractivity contribution >= 4 is 29.3 Å². The molecule has 2 aromatic carbocycles. The topological polar surface area (TPSA) is 66.5 Å². The molecular weight excluding hydrogens is 352 g/mol. The van der Waals surface area contributed by atoms with E-state index in [0.717, 1.165) is 24.2 Å². The Kier molecular flexibility index (Phi) is 5.68. The third-order valence-electron chi connectivity index (χ3n) is 4.31. The van der Waals surface area contributed by atoms with E-state index in [1.165, 1.54) is 5.56 Å². The monoisotopic (exact) mass is 370 g/mol. The number of imide groups is 1. The van der Waals surface area contributed by atoms with Gasteiger partial charge in [-0.3, -0.25) is 19.3 Å². The van der Waals surface area contributed by atoms with Crippen molar-refractivity contribution in [1.29, 1.82) is 0 Å². The molecule has 2 aromatic rings. The van der Waals surface area contributed by atoms with Crippen LogP contribution in [0.15, 0.2) is 48.5 Å². The predicted octanol–water partition coefficient (Wildman–Crippen LogP) is 3.08. The van der Waals surface area contributed by atoms with Crippen molar-refractivity contribution in [3.8, 4) is 0 Å². The van der Waals surface area contributed by atoms with Gasteiger partial charge in [0.15, 0.2) is 0 Å². The van der Waals surface area contributed by atoms with Crippen LogP contribution in [0.3, 0.4) is 0 Å². The molecule has 6 heteroatoms. The second-order valence-electron chi connectivity index (χ2n) is 6.18. The van der Waals surface area contributed by atoms with E-state index in [4.69, 9.17) is 11.6 Å². The first-order chi connectivity index (χ1) is 12.6. The van der Waals surface area contributed by atoms with E-state index >= 15 is 0 Å². The average Bonchev–Trinajstić information content (AvgIpc) is 2.88. The van der Waals surface area contributed by atoms with Gasteiger partial charge in [-0.2, -0.15) is 0 Å². The molecule has 1 aliphatic heterocycles. The van der Waals surface area contributed by atoms with Crippen molar-refractivity contribution < 1.29 is 14.4 Å².